The van der Waals surface area contributed by atoms with Gasteiger partial charge in [0.25, 0.3) is 0 Å². The van der Waals surface area contributed by atoms with Gasteiger partial charge in [0, 0.05) is 13.0 Å². The molecule has 0 bridgehead atoms. The monoisotopic (exact) mass is 411 g/mol. The number of carbonyl (C=O) groups is 2. The summed E-state index contributed by atoms with van der Waals surface area (Å²) in [7, 11) is -2.00. The lowest BCUT2D eigenvalue weighted by atomic mass is 10.1. The molecular formula is C20H30ClNO4Si. The zero-order valence-corrected chi connectivity index (χ0v) is 18.6. The molecule has 0 radical (unpaired) electrons. The molecule has 5 nitrogen and oxygen atoms in total. The third kappa shape index (κ3) is 5.56. The summed E-state index contributed by atoms with van der Waals surface area (Å²) in [4.78, 5) is 26.4. The first-order valence-corrected chi connectivity index (χ1v) is 12.7. The standard InChI is InChI=1S/C20H30ClNO4Si/c1-20(2,3)27(4,5)26-16-11-17(18(23)12-21)22(13-16)19(24)25-14-15-9-7-6-8-10-15/h6-10,16-17H,11-14H2,1-5H3/t16?,17-/m1/s1. The molecule has 1 aliphatic heterocycles. The molecule has 1 aromatic carbocycles. The second-order valence-corrected chi connectivity index (χ2v) is 13.6. The molecule has 2 atom stereocenters. The van der Waals surface area contributed by atoms with Crippen LogP contribution in [0, 0.1) is 0 Å². The van der Waals surface area contributed by atoms with Crippen molar-refractivity contribution >= 4 is 31.8 Å². The van der Waals surface area contributed by atoms with E-state index in [4.69, 9.17) is 20.8 Å². The summed E-state index contributed by atoms with van der Waals surface area (Å²) >= 11 is 5.77. The number of hydrogen-bond donors (Lipinski definition) is 0. The molecule has 0 aromatic heterocycles. The van der Waals surface area contributed by atoms with Crippen molar-refractivity contribution in [3.8, 4) is 0 Å². The fourth-order valence-electron chi connectivity index (χ4n) is 2.87. The van der Waals surface area contributed by atoms with Crippen molar-refractivity contribution in [2.24, 2.45) is 0 Å². The van der Waals surface area contributed by atoms with E-state index in [1.54, 1.807) is 0 Å². The largest absolute Gasteiger partial charge is 0.445 e. The number of ether oxygens (including phenoxy) is 1. The van der Waals surface area contributed by atoms with Gasteiger partial charge in [0.1, 0.15) is 6.61 Å². The first kappa shape index (κ1) is 21.9. The Hall–Kier alpha value is -1.37. The van der Waals surface area contributed by atoms with Crippen LogP contribution in [0.3, 0.4) is 0 Å². The highest BCUT2D eigenvalue weighted by atomic mass is 35.5. The van der Waals surface area contributed by atoms with Gasteiger partial charge in [-0.15, -0.1) is 11.6 Å². The number of ketones is 1. The van der Waals surface area contributed by atoms with Crippen LogP contribution < -0.4 is 0 Å². The molecule has 1 amide bonds. The summed E-state index contributed by atoms with van der Waals surface area (Å²) in [5.41, 5.74) is 0.902. The molecule has 1 saturated heterocycles. The predicted molar refractivity (Wildman–Crippen MR) is 110 cm³/mol. The average molecular weight is 412 g/mol. The Bertz CT molecular complexity index is 660. The number of rotatable bonds is 6. The maximum Gasteiger partial charge on any atom is 0.410 e. The second-order valence-electron chi connectivity index (χ2n) is 8.54. The Morgan fingerprint density at radius 1 is 1.22 bits per heavy atom. The van der Waals surface area contributed by atoms with Crippen LogP contribution in [-0.2, 0) is 20.6 Å². The highest BCUT2D eigenvalue weighted by Crippen LogP contribution is 2.39. The van der Waals surface area contributed by atoms with Gasteiger partial charge in [-0.3, -0.25) is 9.69 Å². The number of amides is 1. The Kier molecular flexibility index (Phi) is 7.11. The van der Waals surface area contributed by atoms with Gasteiger partial charge >= 0.3 is 6.09 Å². The van der Waals surface area contributed by atoms with Crippen molar-refractivity contribution in [3.63, 3.8) is 0 Å². The molecule has 1 aromatic rings. The molecular weight excluding hydrogens is 382 g/mol. The summed E-state index contributed by atoms with van der Waals surface area (Å²) in [5, 5.41) is 0.0558. The second kappa shape index (κ2) is 8.75. The van der Waals surface area contributed by atoms with Crippen LogP contribution in [0.15, 0.2) is 30.3 Å². The number of Topliss-reactive ketones (excluding diaryl/α,β-unsaturated/α-hetero) is 1. The van der Waals surface area contributed by atoms with Gasteiger partial charge < -0.3 is 9.16 Å². The Labute approximate surface area is 168 Å². The smallest absolute Gasteiger partial charge is 0.410 e. The fourth-order valence-corrected chi connectivity index (χ4v) is 4.41. The minimum Gasteiger partial charge on any atom is -0.445 e. The number of halogens is 1. The van der Waals surface area contributed by atoms with Crippen molar-refractivity contribution < 1.29 is 18.8 Å². The van der Waals surface area contributed by atoms with E-state index in [1.807, 2.05) is 30.3 Å². The zero-order chi connectivity index (χ0) is 20.2. The fraction of sp³-hybridized carbons (Fsp3) is 0.600. The topological polar surface area (TPSA) is 55.8 Å². The summed E-state index contributed by atoms with van der Waals surface area (Å²) in [6.45, 7) is 11.4. The summed E-state index contributed by atoms with van der Waals surface area (Å²) < 4.78 is 11.9. The zero-order valence-electron chi connectivity index (χ0n) is 16.8. The number of alkyl halides is 1. The number of benzene rings is 1. The van der Waals surface area contributed by atoms with Gasteiger partial charge in [0.2, 0.25) is 0 Å². The third-order valence-electron chi connectivity index (χ3n) is 5.47. The lowest BCUT2D eigenvalue weighted by Crippen LogP contribution is -2.45. The van der Waals surface area contributed by atoms with E-state index in [-0.39, 0.29) is 29.4 Å². The van der Waals surface area contributed by atoms with E-state index in [1.165, 1.54) is 4.90 Å². The molecule has 2 rings (SSSR count). The molecule has 0 saturated carbocycles. The van der Waals surface area contributed by atoms with Crippen molar-refractivity contribution in [1.82, 2.24) is 4.90 Å². The average Bonchev–Trinajstić information content (AvgIpc) is 3.02. The molecule has 150 valence electrons. The quantitative estimate of drug-likeness (QED) is 0.507. The molecule has 0 aliphatic carbocycles. The van der Waals surface area contributed by atoms with E-state index in [2.05, 4.69) is 33.9 Å². The highest BCUT2D eigenvalue weighted by Gasteiger charge is 2.45. The SMILES string of the molecule is CC(C)(C)[Si](C)(C)OC1C[C@H](C(=O)CCl)N(C(=O)OCc2ccccc2)C1. The first-order valence-electron chi connectivity index (χ1n) is 9.29. The Morgan fingerprint density at radius 3 is 2.41 bits per heavy atom. The maximum absolute atomic E-state index is 12.6. The van der Waals surface area contributed by atoms with E-state index in [9.17, 15) is 9.59 Å². The van der Waals surface area contributed by atoms with Crippen LogP contribution in [0.2, 0.25) is 18.1 Å². The maximum atomic E-state index is 12.6. The lowest BCUT2D eigenvalue weighted by molar-refractivity contribution is -0.120. The molecule has 1 aliphatic rings. The van der Waals surface area contributed by atoms with E-state index >= 15 is 0 Å². The highest BCUT2D eigenvalue weighted by molar-refractivity contribution is 6.74. The summed E-state index contributed by atoms with van der Waals surface area (Å²) in [6, 6.07) is 8.89. The minimum absolute atomic E-state index is 0.0558. The van der Waals surface area contributed by atoms with Gasteiger partial charge in [0.15, 0.2) is 14.1 Å². The number of carbonyl (C=O) groups excluding carboxylic acids is 2. The lowest BCUT2D eigenvalue weighted by Gasteiger charge is -2.38. The Morgan fingerprint density at radius 2 is 1.85 bits per heavy atom. The van der Waals surface area contributed by atoms with Gasteiger partial charge in [-0.05, 0) is 23.7 Å². The predicted octanol–water partition coefficient (Wildman–Crippen LogP) is 4.60. The van der Waals surface area contributed by atoms with Crippen LogP contribution >= 0.6 is 11.6 Å². The molecule has 1 fully saturated rings. The molecule has 1 unspecified atom stereocenters. The first-order chi connectivity index (χ1) is 12.5. The minimum atomic E-state index is -2.00. The molecule has 1 heterocycles. The van der Waals surface area contributed by atoms with E-state index in [0.29, 0.717) is 13.0 Å². The van der Waals surface area contributed by atoms with Crippen LogP contribution in [0.25, 0.3) is 0 Å². The van der Waals surface area contributed by atoms with Crippen molar-refractivity contribution in [2.75, 3.05) is 12.4 Å². The van der Waals surface area contributed by atoms with E-state index in [0.717, 1.165) is 5.56 Å². The van der Waals surface area contributed by atoms with Crippen LogP contribution in [-0.4, -0.2) is 49.7 Å². The van der Waals surface area contributed by atoms with Crippen LogP contribution in [0.5, 0.6) is 0 Å². The molecule has 27 heavy (non-hydrogen) atoms. The van der Waals surface area contributed by atoms with Crippen LogP contribution in [0.1, 0.15) is 32.8 Å². The third-order valence-corrected chi connectivity index (χ3v) is 10.3. The van der Waals surface area contributed by atoms with Crippen molar-refractivity contribution in [1.29, 1.82) is 0 Å². The molecule has 0 N–H and O–H groups in total. The van der Waals surface area contributed by atoms with Gasteiger partial charge in [-0.2, -0.15) is 0 Å². The van der Waals surface area contributed by atoms with Gasteiger partial charge in [0.05, 0.1) is 18.0 Å². The van der Waals surface area contributed by atoms with Crippen molar-refractivity contribution in [3.05, 3.63) is 35.9 Å². The number of likely N-dealkylation sites (tertiary alicyclic amines) is 1. The van der Waals surface area contributed by atoms with Gasteiger partial charge in [-0.25, -0.2) is 4.79 Å². The van der Waals surface area contributed by atoms with E-state index < -0.39 is 20.5 Å². The number of nitrogens with zero attached hydrogens (tertiary/aromatic N) is 1. The summed E-state index contributed by atoms with van der Waals surface area (Å²) in [5.74, 6) is -0.297. The normalized spacial score (nSPS) is 20.6. The number of hydrogen-bond acceptors (Lipinski definition) is 4. The molecule has 7 heteroatoms. The Balaban J connectivity index is 2.06. The van der Waals surface area contributed by atoms with Gasteiger partial charge in [-0.1, -0.05) is 51.1 Å². The van der Waals surface area contributed by atoms with Crippen molar-refractivity contribution in [2.45, 2.75) is 64.1 Å². The molecule has 0 spiro atoms. The summed E-state index contributed by atoms with van der Waals surface area (Å²) in [6.07, 6.45) is -0.200. The van der Waals surface area contributed by atoms with Crippen LogP contribution in [0.4, 0.5) is 4.79 Å².